The number of halogens is 56. The predicted octanol–water partition coefficient (Wildman–Crippen LogP) is 18.7. The van der Waals surface area contributed by atoms with E-state index in [4.69, 9.17) is 10.2 Å². The molecule has 6 atom stereocenters. The van der Waals surface area contributed by atoms with Gasteiger partial charge in [0.2, 0.25) is 61.4 Å². The first kappa shape index (κ1) is 130. The molecule has 0 spiro atoms. The first-order valence-electron chi connectivity index (χ1n) is 27.7. The van der Waals surface area contributed by atoms with Gasteiger partial charge in [0.25, 0.3) is 17.0 Å². The Bertz CT molecular complexity index is 3460. The fourth-order valence-electron chi connectivity index (χ4n) is 10.6. The molecule has 1 aromatic carbocycles. The molecule has 0 amide bonds. The van der Waals surface area contributed by atoms with E-state index in [1.807, 2.05) is 36.4 Å². The molecule has 123 heavy (non-hydrogen) atoms. The standard InChI is InChI=1S/C13H12F12O2.C11H8F12O2.C9H4F12O2.C8H8.C7F12O2.C5H2F6O2.C2H3.CH3Cl.BrH.Mg/c1-5-7(26-3,10(14,15)16)9(12(20,21)22,13(23,24)25)8(6-2,27-4)11(17,18)19;1-24-5(8(12,13)14)3-4-6(25-2,9(15,16)17)7(5,10(18,19)20)11(21,22)23;10-6(11,12)3(22)1-2-4(23,7(13,14)15)5(3,8(16,17)18)9(19,20)21;1-2-8-6-4-3-5-7-8;8-4(9,10)1(20)3(6(14,15)16,7(17,18)19)2(21)5(11,12)13;6-4(7,8)2(12)1-3(13)5(9,10)11;2*1-2;;/h5-6H,1-2H2,3-4H3;3-4H,1-2H3;1-2,22-23H;2-7H,1H2;;1H2;1H,2H2;1H3;1H;/q;;;;;;-1;;;+2. The number of ketones is 4. The van der Waals surface area contributed by atoms with Crippen LogP contribution in [0.5, 0.6) is 0 Å². The minimum atomic E-state index is -7.51. The summed E-state index contributed by atoms with van der Waals surface area (Å²) in [5.41, 5.74) is -60.8. The van der Waals surface area contributed by atoms with E-state index in [-0.39, 0.29) is 69.9 Å². The molecule has 0 aromatic heterocycles. The number of carbonyl (C=O) groups is 4. The van der Waals surface area contributed by atoms with E-state index in [0.717, 1.165) is 0 Å². The van der Waals surface area contributed by atoms with Gasteiger partial charge in [0.1, 0.15) is 0 Å². The van der Waals surface area contributed by atoms with Gasteiger partial charge in [-0.3, -0.25) is 25.8 Å². The van der Waals surface area contributed by atoms with Crippen molar-refractivity contribution < 1.29 is 304 Å². The Kier molecular flexibility index (Phi) is 43.0. The van der Waals surface area contributed by atoms with Crippen molar-refractivity contribution >= 4 is 63.9 Å². The fraction of sp³-hybridized carbons (Fsp3) is 0.607. The zero-order valence-corrected chi connectivity index (χ0v) is 62.3. The number of aliphatic hydroxyl groups is 2. The third kappa shape index (κ3) is 22.9. The van der Waals surface area contributed by atoms with Crippen LogP contribution in [0.25, 0.3) is 6.08 Å². The topological polar surface area (TPSA) is 146 Å². The summed E-state index contributed by atoms with van der Waals surface area (Å²) in [5.74, 6) is -15.2. The van der Waals surface area contributed by atoms with Crippen LogP contribution >= 0.6 is 11.6 Å². The molecule has 0 bridgehead atoms. The van der Waals surface area contributed by atoms with Gasteiger partial charge in [-0.25, -0.2) is 0 Å². The molecule has 0 aliphatic heterocycles. The van der Waals surface area contributed by atoms with Crippen LogP contribution in [-0.2, 0) is 38.1 Å². The summed E-state index contributed by atoms with van der Waals surface area (Å²) >= 11 is 4.64. The van der Waals surface area contributed by atoms with Crippen LogP contribution in [0.1, 0.15) is 13.4 Å². The molecule has 10 nitrogen and oxygen atoms in total. The molecular weight excluding hydrogens is 2000 g/mol. The molecule has 6 unspecified atom stereocenters. The van der Waals surface area contributed by atoms with Crippen molar-refractivity contribution in [3.8, 4) is 0 Å². The number of rotatable bonds is 13. The smallest absolute Gasteiger partial charge is 1.00 e. The number of hydrogen-bond donors (Lipinski definition) is 2. The molecule has 0 radical (unpaired) electrons. The molecule has 3 rings (SSSR count). The summed E-state index contributed by atoms with van der Waals surface area (Å²) < 4.78 is 703. The number of methoxy groups -OCH3 is 4. The van der Waals surface area contributed by atoms with Gasteiger partial charge >= 0.3 is 136 Å². The molecule has 0 saturated carbocycles. The maximum atomic E-state index is 13.7. The first-order chi connectivity index (χ1) is 52.6. The molecule has 2 N–H and O–H groups in total. The molecule has 1 aromatic rings. The van der Waals surface area contributed by atoms with E-state index in [1.54, 1.807) is 0 Å². The molecule has 67 heteroatoms. The summed E-state index contributed by atoms with van der Waals surface area (Å²) in [5, 5.41) is 18.0. The second-order valence-corrected chi connectivity index (χ2v) is 21.6. The van der Waals surface area contributed by atoms with Crippen molar-refractivity contribution in [1.82, 2.24) is 0 Å². The largest absolute Gasteiger partial charge is 2.00 e. The molecule has 2 aliphatic carbocycles. The second-order valence-electron chi connectivity index (χ2n) is 21.6. The Morgan fingerprint density at radius 1 is 0.366 bits per heavy atom. The minimum absolute atomic E-state index is 0. The molecule has 0 heterocycles. The quantitative estimate of drug-likeness (QED) is 0.0489. The predicted molar refractivity (Wildman–Crippen MR) is 296 cm³/mol. The number of alkyl halides is 55. The van der Waals surface area contributed by atoms with Crippen molar-refractivity contribution in [2.75, 3.05) is 34.8 Å². The number of benzene rings is 1. The van der Waals surface area contributed by atoms with Crippen molar-refractivity contribution in [3.63, 3.8) is 0 Å². The second kappa shape index (κ2) is 40.7. The van der Waals surface area contributed by atoms with Crippen LogP contribution in [0.2, 0.25) is 0 Å². The van der Waals surface area contributed by atoms with Gasteiger partial charge in [-0.1, -0.05) is 56.1 Å². The Balaban J connectivity index is -0.000000220. The average molecular weight is 2040 g/mol. The zero-order valence-electron chi connectivity index (χ0n) is 59.6. The van der Waals surface area contributed by atoms with Gasteiger partial charge in [-0.05, 0) is 42.0 Å². The maximum absolute atomic E-state index is 13.7. The van der Waals surface area contributed by atoms with Gasteiger partial charge in [0.05, 0.1) is 6.42 Å². The Hall–Kier alpha value is -6.14. The van der Waals surface area contributed by atoms with Crippen LogP contribution in [0.4, 0.5) is 237 Å². The van der Waals surface area contributed by atoms with E-state index in [2.05, 4.69) is 63.4 Å². The number of Topliss-reactive ketones (excluding diaryl/α,β-unsaturated/α-hetero) is 4. The van der Waals surface area contributed by atoms with E-state index in [0.29, 0.717) is 0 Å². The van der Waals surface area contributed by atoms with Gasteiger partial charge in [-0.2, -0.15) is 237 Å². The summed E-state index contributed by atoms with van der Waals surface area (Å²) in [6, 6.07) is 10.0. The summed E-state index contributed by atoms with van der Waals surface area (Å²) in [7, 11) is -0.985. The van der Waals surface area contributed by atoms with Gasteiger partial charge in [0.15, 0.2) is 0 Å². The van der Waals surface area contributed by atoms with Gasteiger partial charge in [0, 0.05) is 34.8 Å². The van der Waals surface area contributed by atoms with Gasteiger partial charge in [-0.15, -0.1) is 11.6 Å². The van der Waals surface area contributed by atoms with Crippen molar-refractivity contribution in [2.45, 2.75) is 151 Å². The molecule has 718 valence electrons. The SMILES string of the molecule is C=CC(OC)(C(F)(F)F)C(C(F)(F)F)(C(F)(F)F)C(C=C)(OC)C(F)(F)F.C=Cc1ccccc1.CCl.COC1(C(F)(F)F)C=CC(OC)(C(F)(F)F)C1(C(F)(F)F)C(F)(F)F.O=C(C(F)(F)F)C(C(=O)C(F)(F)F)(C(F)(F)F)C(F)(F)F.O=C(CC(=O)C(F)(F)F)C(F)(F)F.OC1(C(F)(F)F)C=CC(O)(C(F)(F)F)C1(C(F)(F)F)C(F)(F)F.[Br-].[CH-]=C.[H+].[Mg+2]. The number of carbonyl (C=O) groups excluding carboxylic acids is 4. The third-order valence-corrected chi connectivity index (χ3v) is 15.5. The van der Waals surface area contributed by atoms with E-state index >= 15 is 0 Å². The van der Waals surface area contributed by atoms with Crippen molar-refractivity contribution in [3.05, 3.63) is 105 Å². The number of ether oxygens (including phenoxy) is 4. The summed E-state index contributed by atoms with van der Waals surface area (Å²) in [6.07, 6.45) is -129. The Morgan fingerprint density at radius 3 is 0.715 bits per heavy atom. The van der Waals surface area contributed by atoms with Crippen LogP contribution in [-0.4, -0.2) is 236 Å². The first-order valence-corrected chi connectivity index (χ1v) is 28.5. The normalized spacial score (nSPS) is 21.1. The Labute approximate surface area is 679 Å². The third-order valence-electron chi connectivity index (χ3n) is 15.5. The maximum Gasteiger partial charge on any atom is 2.00 e. The monoisotopic (exact) mass is 2040 g/mol. The van der Waals surface area contributed by atoms with Crippen LogP contribution < -0.4 is 17.0 Å². The fourth-order valence-corrected chi connectivity index (χ4v) is 10.6. The van der Waals surface area contributed by atoms with E-state index in [1.165, 1.54) is 11.9 Å². The van der Waals surface area contributed by atoms with Crippen LogP contribution in [0.3, 0.4) is 0 Å². The van der Waals surface area contributed by atoms with Gasteiger partial charge < -0.3 is 52.7 Å². The zero-order chi connectivity index (χ0) is 99.9. The molecule has 2 aliphatic rings. The number of hydrogen-bond acceptors (Lipinski definition) is 10. The average Bonchev–Trinajstić information content (AvgIpc) is 1.48. The summed E-state index contributed by atoms with van der Waals surface area (Å²) in [6.45, 7) is 15.1. The van der Waals surface area contributed by atoms with E-state index in [9.17, 15) is 256 Å². The van der Waals surface area contributed by atoms with Crippen LogP contribution in [0.15, 0.2) is 93.1 Å². The molecular formula is C56H41BrClF54MgO10+. The molecule has 0 fully saturated rings. The van der Waals surface area contributed by atoms with Crippen LogP contribution in [0, 0.1) is 28.2 Å². The summed E-state index contributed by atoms with van der Waals surface area (Å²) in [4.78, 5) is 40.5. The minimum Gasteiger partial charge on any atom is -1.00 e. The Morgan fingerprint density at radius 2 is 0.593 bits per heavy atom. The van der Waals surface area contributed by atoms with Crippen molar-refractivity contribution in [1.29, 1.82) is 0 Å². The van der Waals surface area contributed by atoms with Crippen molar-refractivity contribution in [2.24, 2.45) is 21.7 Å². The van der Waals surface area contributed by atoms with E-state index < -0.39 is 232 Å². The molecule has 0 saturated heterocycles.